The van der Waals surface area contributed by atoms with E-state index in [1.54, 1.807) is 37.3 Å². The van der Waals surface area contributed by atoms with Crippen LogP contribution in [0.15, 0.2) is 58.5 Å². The molecule has 2 N–H and O–H groups in total. The van der Waals surface area contributed by atoms with E-state index in [-0.39, 0.29) is 17.3 Å². The fourth-order valence-corrected chi connectivity index (χ4v) is 4.80. The smallest absolute Gasteiger partial charge is 0.302 e. The highest BCUT2D eigenvalue weighted by Gasteiger charge is 2.49. The first-order chi connectivity index (χ1) is 17.3. The van der Waals surface area contributed by atoms with Crippen molar-refractivity contribution >= 4 is 40.1 Å². The Bertz CT molecular complexity index is 1580. The Hall–Kier alpha value is -4.53. The summed E-state index contributed by atoms with van der Waals surface area (Å²) in [5.41, 5.74) is 3.54. The predicted molar refractivity (Wildman–Crippen MR) is 134 cm³/mol. The van der Waals surface area contributed by atoms with E-state index in [1.165, 1.54) is 4.90 Å². The lowest BCUT2D eigenvalue weighted by Gasteiger charge is -2.28. The summed E-state index contributed by atoms with van der Waals surface area (Å²) in [5.74, 6) is -0.0449. The van der Waals surface area contributed by atoms with Gasteiger partial charge in [0.25, 0.3) is 5.78 Å². The van der Waals surface area contributed by atoms with Gasteiger partial charge in [-0.1, -0.05) is 6.07 Å². The van der Waals surface area contributed by atoms with Gasteiger partial charge in [-0.2, -0.15) is 0 Å². The van der Waals surface area contributed by atoms with Crippen molar-refractivity contribution in [1.29, 1.82) is 0 Å². The number of hydrogen-bond acceptors (Lipinski definition) is 7. The molecule has 182 valence electrons. The second-order valence-corrected chi connectivity index (χ2v) is 9.15. The number of nitrogens with one attached hydrogen (secondary N) is 1. The number of aliphatic hydroxyl groups excluding tert-OH is 1. The summed E-state index contributed by atoms with van der Waals surface area (Å²) in [7, 11) is 1.93. The molecular weight excluding hydrogens is 460 g/mol. The number of ether oxygens (including phenoxy) is 1. The zero-order chi connectivity index (χ0) is 25.1. The molecule has 0 bridgehead atoms. The van der Waals surface area contributed by atoms with Crippen LogP contribution >= 0.6 is 0 Å². The number of nitrogens with zero attached hydrogens (tertiary/aromatic N) is 3. The number of Topliss-reactive ketones (excluding diaryl/α,β-unsaturated/α-hetero) is 1. The molecule has 36 heavy (non-hydrogen) atoms. The standard InChI is InChI=1S/C27H24N4O5/c1-14-4-7-17-18(12-14)29-27(28-17)31-23(21-8-5-15(2)36-21)22(25(33)26(31)34)24(32)16-6-9-20-19(13-16)30(3)10-11-35-20/h4-9,12-13,23,32H,10-11H2,1-3H3,(H,28,29)/b24-22+. The highest BCUT2D eigenvalue weighted by Crippen LogP contribution is 2.43. The summed E-state index contributed by atoms with van der Waals surface area (Å²) in [6.45, 7) is 4.99. The maximum Gasteiger partial charge on any atom is 0.302 e. The second-order valence-electron chi connectivity index (χ2n) is 9.15. The first-order valence-corrected chi connectivity index (χ1v) is 11.6. The first-order valence-electron chi connectivity index (χ1n) is 11.6. The van der Waals surface area contributed by atoms with Crippen molar-refractivity contribution in [3.05, 3.63) is 76.8 Å². The number of rotatable bonds is 3. The molecule has 2 aromatic carbocycles. The van der Waals surface area contributed by atoms with Crippen LogP contribution < -0.4 is 14.5 Å². The average molecular weight is 485 g/mol. The van der Waals surface area contributed by atoms with E-state index < -0.39 is 17.7 Å². The number of aryl methyl sites for hydroxylation is 2. The Labute approximate surface area is 206 Å². The first kappa shape index (κ1) is 22.0. The molecule has 1 atom stereocenters. The number of hydrogen-bond donors (Lipinski definition) is 2. The monoisotopic (exact) mass is 484 g/mol. The van der Waals surface area contributed by atoms with Gasteiger partial charge in [0.15, 0.2) is 0 Å². The Morgan fingerprint density at radius 3 is 2.72 bits per heavy atom. The highest BCUT2D eigenvalue weighted by molar-refractivity contribution is 6.51. The molecule has 0 spiro atoms. The molecule has 1 amide bonds. The molecule has 1 fully saturated rings. The minimum atomic E-state index is -0.995. The molecule has 1 unspecified atom stereocenters. The topological polar surface area (TPSA) is 112 Å². The maximum atomic E-state index is 13.4. The van der Waals surface area contributed by atoms with E-state index in [2.05, 4.69) is 9.97 Å². The van der Waals surface area contributed by atoms with E-state index in [4.69, 9.17) is 9.15 Å². The third-order valence-corrected chi connectivity index (χ3v) is 6.66. The molecule has 9 nitrogen and oxygen atoms in total. The molecule has 6 rings (SSSR count). The number of benzene rings is 2. The highest BCUT2D eigenvalue weighted by atomic mass is 16.5. The predicted octanol–water partition coefficient (Wildman–Crippen LogP) is 4.23. The minimum Gasteiger partial charge on any atom is -0.507 e. The molecule has 2 aromatic heterocycles. The SMILES string of the molecule is Cc1ccc2nc(N3C(=O)C(=O)/C(=C(/O)c4ccc5c(c4)N(C)CCO5)C3c3ccc(C)o3)[nH]c2c1. The number of imidazole rings is 1. The van der Waals surface area contributed by atoms with Gasteiger partial charge >= 0.3 is 5.91 Å². The Kier molecular flexibility index (Phi) is 4.89. The quantitative estimate of drug-likeness (QED) is 0.254. The summed E-state index contributed by atoms with van der Waals surface area (Å²) in [6.07, 6.45) is 0. The molecule has 9 heteroatoms. The van der Waals surface area contributed by atoms with Crippen molar-refractivity contribution in [2.45, 2.75) is 19.9 Å². The minimum absolute atomic E-state index is 0.0645. The van der Waals surface area contributed by atoms with E-state index in [9.17, 15) is 14.7 Å². The van der Waals surface area contributed by atoms with Crippen molar-refractivity contribution < 1.29 is 23.8 Å². The third kappa shape index (κ3) is 3.35. The number of aromatic amines is 1. The van der Waals surface area contributed by atoms with Crippen molar-refractivity contribution in [2.75, 3.05) is 30.0 Å². The van der Waals surface area contributed by atoms with Gasteiger partial charge in [-0.25, -0.2) is 4.98 Å². The Balaban J connectivity index is 1.53. The summed E-state index contributed by atoms with van der Waals surface area (Å²) >= 11 is 0. The van der Waals surface area contributed by atoms with Gasteiger partial charge in [-0.15, -0.1) is 0 Å². The van der Waals surface area contributed by atoms with Crippen LogP contribution in [0.5, 0.6) is 5.75 Å². The lowest BCUT2D eigenvalue weighted by atomic mass is 9.98. The summed E-state index contributed by atoms with van der Waals surface area (Å²) in [4.78, 5) is 37.8. The Morgan fingerprint density at radius 2 is 1.94 bits per heavy atom. The van der Waals surface area contributed by atoms with Crippen molar-refractivity contribution in [1.82, 2.24) is 9.97 Å². The van der Waals surface area contributed by atoms with Crippen LogP contribution in [0.2, 0.25) is 0 Å². The number of anilines is 2. The molecule has 2 aliphatic rings. The Morgan fingerprint density at radius 1 is 1.11 bits per heavy atom. The molecule has 1 saturated heterocycles. The van der Waals surface area contributed by atoms with Crippen LogP contribution in [0.25, 0.3) is 16.8 Å². The van der Waals surface area contributed by atoms with E-state index in [0.717, 1.165) is 16.8 Å². The normalized spacial score (nSPS) is 19.1. The number of aromatic nitrogens is 2. The van der Waals surface area contributed by atoms with Crippen LogP contribution in [-0.4, -0.2) is 47.0 Å². The van der Waals surface area contributed by atoms with Gasteiger partial charge in [0.05, 0.1) is 28.8 Å². The van der Waals surface area contributed by atoms with Gasteiger partial charge in [-0.05, 0) is 61.9 Å². The van der Waals surface area contributed by atoms with Gasteiger partial charge in [-0.3, -0.25) is 14.5 Å². The molecule has 2 aliphatic heterocycles. The summed E-state index contributed by atoms with van der Waals surface area (Å²) < 4.78 is 11.6. The number of aliphatic hydroxyl groups is 1. The number of carbonyl (C=O) groups excluding carboxylic acids is 2. The van der Waals surface area contributed by atoms with Crippen LogP contribution in [0, 0.1) is 13.8 Å². The number of furan rings is 1. The van der Waals surface area contributed by atoms with E-state index in [0.29, 0.717) is 41.5 Å². The van der Waals surface area contributed by atoms with E-state index in [1.807, 2.05) is 37.1 Å². The lowest BCUT2D eigenvalue weighted by molar-refractivity contribution is -0.132. The summed E-state index contributed by atoms with van der Waals surface area (Å²) in [5, 5.41) is 11.4. The van der Waals surface area contributed by atoms with Gasteiger partial charge in [0, 0.05) is 12.6 Å². The fraction of sp³-hybridized carbons (Fsp3) is 0.222. The molecular formula is C27H24N4O5. The van der Waals surface area contributed by atoms with Gasteiger partial charge < -0.3 is 24.1 Å². The third-order valence-electron chi connectivity index (χ3n) is 6.66. The number of carbonyl (C=O) groups is 2. The number of fused-ring (bicyclic) bond motifs is 2. The lowest BCUT2D eigenvalue weighted by Crippen LogP contribution is -2.30. The van der Waals surface area contributed by atoms with Crippen molar-refractivity contribution in [3.63, 3.8) is 0 Å². The molecule has 4 aromatic rings. The fourth-order valence-electron chi connectivity index (χ4n) is 4.80. The molecule has 0 radical (unpaired) electrons. The number of H-pyrrole nitrogens is 1. The second kappa shape index (κ2) is 8.01. The molecule has 4 heterocycles. The van der Waals surface area contributed by atoms with Crippen LogP contribution in [0.3, 0.4) is 0 Å². The number of likely N-dealkylation sites (N-methyl/N-ethyl adjacent to an activating group) is 1. The largest absolute Gasteiger partial charge is 0.507 e. The number of ketones is 1. The zero-order valence-electron chi connectivity index (χ0n) is 20.0. The number of amides is 1. The van der Waals surface area contributed by atoms with Crippen molar-refractivity contribution in [3.8, 4) is 5.75 Å². The van der Waals surface area contributed by atoms with Crippen LogP contribution in [0.1, 0.15) is 28.7 Å². The van der Waals surface area contributed by atoms with Gasteiger partial charge in [0.1, 0.15) is 35.7 Å². The molecule has 0 aliphatic carbocycles. The average Bonchev–Trinajstić information content (AvgIpc) is 3.54. The maximum absolute atomic E-state index is 13.4. The molecule has 0 saturated carbocycles. The van der Waals surface area contributed by atoms with E-state index >= 15 is 0 Å². The van der Waals surface area contributed by atoms with Gasteiger partial charge in [0.2, 0.25) is 5.95 Å². The zero-order valence-corrected chi connectivity index (χ0v) is 20.0. The van der Waals surface area contributed by atoms with Crippen molar-refractivity contribution in [2.24, 2.45) is 0 Å². The van der Waals surface area contributed by atoms with Crippen LogP contribution in [0.4, 0.5) is 11.6 Å². The summed E-state index contributed by atoms with van der Waals surface area (Å²) in [6, 6.07) is 13.3. The van der Waals surface area contributed by atoms with Crippen LogP contribution in [-0.2, 0) is 9.59 Å².